The monoisotopic (exact) mass is 246 g/mol. The largest absolute Gasteiger partial charge is 0.334 e. The molecule has 1 fully saturated rings. The third-order valence-corrected chi connectivity index (χ3v) is 2.67. The van der Waals surface area contributed by atoms with E-state index in [-0.39, 0.29) is 0 Å². The van der Waals surface area contributed by atoms with Crippen LogP contribution >= 0.6 is 0 Å². The molecule has 0 bridgehead atoms. The van der Waals surface area contributed by atoms with Gasteiger partial charge in [0.05, 0.1) is 6.21 Å². The van der Waals surface area contributed by atoms with Gasteiger partial charge in [0.15, 0.2) is 0 Å². The summed E-state index contributed by atoms with van der Waals surface area (Å²) in [6.45, 7) is 1.31. The first-order chi connectivity index (χ1) is 8.77. The van der Waals surface area contributed by atoms with Crippen molar-refractivity contribution >= 4 is 18.0 Å². The van der Waals surface area contributed by atoms with E-state index in [4.69, 9.17) is 0 Å². The molecular weight excluding hydrogens is 232 g/mol. The molecule has 1 aromatic rings. The molecule has 18 heavy (non-hydrogen) atoms. The van der Waals surface area contributed by atoms with Crippen LogP contribution in [0.2, 0.25) is 0 Å². The quantitative estimate of drug-likeness (QED) is 0.458. The molecule has 0 unspecified atom stereocenters. The van der Waals surface area contributed by atoms with Crippen molar-refractivity contribution in [3.8, 4) is 0 Å². The Hall–Kier alpha value is -2.24. The minimum atomic E-state index is -0.692. The van der Waals surface area contributed by atoms with Gasteiger partial charge in [0, 0.05) is 25.5 Å². The molecule has 1 aliphatic heterocycles. The Balaban J connectivity index is 1.84. The first-order valence-corrected chi connectivity index (χ1v) is 5.80. The highest BCUT2D eigenvalue weighted by Crippen LogP contribution is 2.06. The molecule has 1 aliphatic rings. The number of likely N-dealkylation sites (tertiary alicyclic amines) is 1. The number of hydrazone groups is 1. The van der Waals surface area contributed by atoms with Gasteiger partial charge in [-0.3, -0.25) is 14.6 Å². The Morgan fingerprint density at radius 3 is 2.61 bits per heavy atom. The number of nitrogens with zero attached hydrogens (tertiary/aromatic N) is 3. The van der Waals surface area contributed by atoms with Crippen molar-refractivity contribution in [3.05, 3.63) is 30.1 Å². The highest BCUT2D eigenvalue weighted by Gasteiger charge is 2.23. The molecule has 0 radical (unpaired) electrons. The maximum Gasteiger partial charge on any atom is 0.329 e. The van der Waals surface area contributed by atoms with Crippen molar-refractivity contribution < 1.29 is 9.59 Å². The zero-order valence-corrected chi connectivity index (χ0v) is 9.87. The minimum absolute atomic E-state index is 0.514. The molecule has 2 amide bonds. The summed E-state index contributed by atoms with van der Waals surface area (Å²) in [6, 6.07) is 3.50. The average Bonchev–Trinajstić information content (AvgIpc) is 2.93. The molecule has 0 atom stereocenters. The van der Waals surface area contributed by atoms with E-state index in [2.05, 4.69) is 15.5 Å². The lowest BCUT2D eigenvalue weighted by molar-refractivity contribution is -0.145. The minimum Gasteiger partial charge on any atom is -0.334 e. The molecule has 1 N–H and O–H groups in total. The number of rotatable bonds is 2. The molecule has 6 nitrogen and oxygen atoms in total. The van der Waals surface area contributed by atoms with Crippen LogP contribution in [-0.2, 0) is 9.59 Å². The summed E-state index contributed by atoms with van der Waals surface area (Å²) < 4.78 is 0. The second-order valence-corrected chi connectivity index (χ2v) is 3.98. The highest BCUT2D eigenvalue weighted by atomic mass is 16.2. The Morgan fingerprint density at radius 1 is 1.28 bits per heavy atom. The molecule has 2 rings (SSSR count). The summed E-state index contributed by atoms with van der Waals surface area (Å²) in [5, 5.41) is 3.73. The van der Waals surface area contributed by atoms with Crippen molar-refractivity contribution in [1.29, 1.82) is 0 Å². The first kappa shape index (κ1) is 12.2. The van der Waals surface area contributed by atoms with E-state index in [0.717, 1.165) is 18.4 Å². The Bertz CT molecular complexity index is 452. The topological polar surface area (TPSA) is 74.7 Å². The maximum atomic E-state index is 11.6. The zero-order chi connectivity index (χ0) is 12.8. The lowest BCUT2D eigenvalue weighted by Gasteiger charge is -2.12. The van der Waals surface area contributed by atoms with E-state index >= 15 is 0 Å². The van der Waals surface area contributed by atoms with Crippen molar-refractivity contribution in [3.63, 3.8) is 0 Å². The van der Waals surface area contributed by atoms with Gasteiger partial charge in [-0.2, -0.15) is 5.10 Å². The van der Waals surface area contributed by atoms with E-state index in [1.807, 2.05) is 0 Å². The molecule has 0 saturated carbocycles. The van der Waals surface area contributed by atoms with Gasteiger partial charge in [0.1, 0.15) is 0 Å². The fourth-order valence-corrected chi connectivity index (χ4v) is 1.73. The van der Waals surface area contributed by atoms with Crippen molar-refractivity contribution in [2.75, 3.05) is 13.1 Å². The summed E-state index contributed by atoms with van der Waals surface area (Å²) >= 11 is 0. The second-order valence-electron chi connectivity index (χ2n) is 3.98. The first-order valence-electron chi connectivity index (χ1n) is 5.80. The third kappa shape index (κ3) is 3.13. The van der Waals surface area contributed by atoms with E-state index in [1.165, 1.54) is 11.1 Å². The van der Waals surface area contributed by atoms with Gasteiger partial charge in [-0.05, 0) is 30.5 Å². The van der Waals surface area contributed by atoms with Crippen LogP contribution in [-0.4, -0.2) is 41.0 Å². The van der Waals surface area contributed by atoms with E-state index in [9.17, 15) is 9.59 Å². The molecule has 1 aromatic heterocycles. The zero-order valence-electron chi connectivity index (χ0n) is 9.87. The number of carbonyl (C=O) groups is 2. The van der Waals surface area contributed by atoms with Gasteiger partial charge in [0.2, 0.25) is 0 Å². The number of aromatic nitrogens is 1. The molecule has 2 heterocycles. The van der Waals surface area contributed by atoms with Crippen LogP contribution in [0.15, 0.2) is 29.6 Å². The van der Waals surface area contributed by atoms with Gasteiger partial charge in [-0.25, -0.2) is 5.43 Å². The van der Waals surface area contributed by atoms with E-state index in [1.54, 1.807) is 24.5 Å². The highest BCUT2D eigenvalue weighted by molar-refractivity contribution is 6.35. The van der Waals surface area contributed by atoms with Crippen LogP contribution in [0, 0.1) is 0 Å². The summed E-state index contributed by atoms with van der Waals surface area (Å²) in [6.07, 6.45) is 6.63. The predicted molar refractivity (Wildman–Crippen MR) is 65.8 cm³/mol. The number of carbonyl (C=O) groups excluding carboxylic acids is 2. The molecular formula is C12H14N4O2. The van der Waals surface area contributed by atoms with E-state index in [0.29, 0.717) is 13.1 Å². The number of nitrogens with one attached hydrogen (secondary N) is 1. The van der Waals surface area contributed by atoms with Gasteiger partial charge >= 0.3 is 11.8 Å². The molecule has 0 spiro atoms. The van der Waals surface area contributed by atoms with Crippen molar-refractivity contribution in [1.82, 2.24) is 15.3 Å². The lowest BCUT2D eigenvalue weighted by Crippen LogP contribution is -2.39. The average molecular weight is 246 g/mol. The fourth-order valence-electron chi connectivity index (χ4n) is 1.73. The van der Waals surface area contributed by atoms with Crippen LogP contribution in [0.4, 0.5) is 0 Å². The number of hydrogen-bond donors (Lipinski definition) is 1. The molecule has 94 valence electrons. The van der Waals surface area contributed by atoms with Crippen LogP contribution < -0.4 is 5.43 Å². The third-order valence-electron chi connectivity index (χ3n) is 2.67. The summed E-state index contributed by atoms with van der Waals surface area (Å²) in [7, 11) is 0. The summed E-state index contributed by atoms with van der Waals surface area (Å²) in [5.74, 6) is -1.21. The number of amides is 2. The summed E-state index contributed by atoms with van der Waals surface area (Å²) in [4.78, 5) is 28.5. The van der Waals surface area contributed by atoms with Crippen LogP contribution in [0.1, 0.15) is 18.4 Å². The molecule has 0 aliphatic carbocycles. The van der Waals surface area contributed by atoms with Crippen molar-refractivity contribution in [2.45, 2.75) is 12.8 Å². The Labute approximate surface area is 105 Å². The van der Waals surface area contributed by atoms with Crippen LogP contribution in [0.3, 0.4) is 0 Å². The SMILES string of the molecule is O=C(N/N=C/c1ccncc1)C(=O)N1CCCC1. The fraction of sp³-hybridized carbons (Fsp3) is 0.333. The Morgan fingerprint density at radius 2 is 1.94 bits per heavy atom. The molecule has 0 aromatic carbocycles. The van der Waals surface area contributed by atoms with Crippen LogP contribution in [0.25, 0.3) is 0 Å². The van der Waals surface area contributed by atoms with Crippen molar-refractivity contribution in [2.24, 2.45) is 5.10 Å². The maximum absolute atomic E-state index is 11.6. The molecule has 1 saturated heterocycles. The van der Waals surface area contributed by atoms with Gasteiger partial charge in [0.25, 0.3) is 0 Å². The van der Waals surface area contributed by atoms with E-state index < -0.39 is 11.8 Å². The molecule has 6 heteroatoms. The normalized spacial score (nSPS) is 15.0. The number of pyridine rings is 1. The predicted octanol–water partition coefficient (Wildman–Crippen LogP) is 0.154. The van der Waals surface area contributed by atoms with Gasteiger partial charge < -0.3 is 4.90 Å². The Kier molecular flexibility index (Phi) is 4.01. The number of hydrogen-bond acceptors (Lipinski definition) is 4. The van der Waals surface area contributed by atoms with Gasteiger partial charge in [-0.15, -0.1) is 0 Å². The summed E-state index contributed by atoms with van der Waals surface area (Å²) in [5.41, 5.74) is 3.03. The van der Waals surface area contributed by atoms with Crippen LogP contribution in [0.5, 0.6) is 0 Å². The standard InChI is InChI=1S/C12H14N4O2/c17-11(12(18)16-7-1-2-8-16)15-14-9-10-3-5-13-6-4-10/h3-6,9H,1-2,7-8H2,(H,15,17)/b14-9+. The smallest absolute Gasteiger partial charge is 0.329 e. The lowest BCUT2D eigenvalue weighted by atomic mass is 10.3. The van der Waals surface area contributed by atoms with Gasteiger partial charge in [-0.1, -0.05) is 0 Å². The second kappa shape index (κ2) is 5.90.